The van der Waals surface area contributed by atoms with E-state index in [0.717, 1.165) is 52.5 Å². The fourth-order valence-electron chi connectivity index (χ4n) is 5.04. The largest absolute Gasteiger partial charge is 0.456 e. The average molecular weight is 368 g/mol. The molecule has 1 amide bonds. The molecule has 1 unspecified atom stereocenters. The molecule has 0 aromatic heterocycles. The SMILES string of the molecule is O=C1NC2(c3ccccc3Oc3cccc(N4CCCC4)c32)c2ccccc21. The number of nitrogens with one attached hydrogen (secondary N) is 1. The van der Waals surface area contributed by atoms with E-state index in [1.54, 1.807) is 0 Å². The second-order valence-corrected chi connectivity index (χ2v) is 7.69. The third kappa shape index (κ3) is 1.92. The molecule has 4 heteroatoms. The topological polar surface area (TPSA) is 41.6 Å². The lowest BCUT2D eigenvalue weighted by atomic mass is 9.75. The van der Waals surface area contributed by atoms with Gasteiger partial charge >= 0.3 is 0 Å². The van der Waals surface area contributed by atoms with Crippen molar-refractivity contribution < 1.29 is 9.53 Å². The number of carbonyl (C=O) groups is 1. The van der Waals surface area contributed by atoms with Gasteiger partial charge in [0.15, 0.2) is 0 Å². The third-order valence-corrected chi connectivity index (χ3v) is 6.21. The molecule has 0 radical (unpaired) electrons. The Morgan fingerprint density at radius 3 is 2.39 bits per heavy atom. The average Bonchev–Trinajstić information content (AvgIpc) is 3.36. The van der Waals surface area contributed by atoms with Gasteiger partial charge in [0.1, 0.15) is 17.0 Å². The van der Waals surface area contributed by atoms with E-state index in [0.29, 0.717) is 0 Å². The second kappa shape index (κ2) is 5.61. The Labute approximate surface area is 163 Å². The molecule has 1 spiro atoms. The van der Waals surface area contributed by atoms with Gasteiger partial charge in [-0.1, -0.05) is 42.5 Å². The predicted octanol–water partition coefficient (Wildman–Crippen LogP) is 4.43. The normalized spacial score (nSPS) is 21.7. The molecule has 1 saturated heterocycles. The number of nitrogens with zero attached hydrogens (tertiary/aromatic N) is 1. The highest BCUT2D eigenvalue weighted by Crippen LogP contribution is 2.55. The summed E-state index contributed by atoms with van der Waals surface area (Å²) in [5.41, 5.74) is 4.21. The highest BCUT2D eigenvalue weighted by atomic mass is 16.5. The van der Waals surface area contributed by atoms with Crippen molar-refractivity contribution in [3.05, 3.63) is 89.0 Å². The molecule has 138 valence electrons. The fraction of sp³-hybridized carbons (Fsp3) is 0.208. The second-order valence-electron chi connectivity index (χ2n) is 7.69. The van der Waals surface area contributed by atoms with Crippen molar-refractivity contribution >= 4 is 11.6 Å². The number of fused-ring (bicyclic) bond motifs is 6. The van der Waals surface area contributed by atoms with Crippen LogP contribution in [0, 0.1) is 0 Å². The minimum absolute atomic E-state index is 0.0329. The summed E-state index contributed by atoms with van der Waals surface area (Å²) in [4.78, 5) is 15.4. The fourth-order valence-corrected chi connectivity index (χ4v) is 5.04. The number of amides is 1. The Balaban J connectivity index is 1.72. The lowest BCUT2D eigenvalue weighted by Gasteiger charge is -2.40. The summed E-state index contributed by atoms with van der Waals surface area (Å²) < 4.78 is 6.34. The summed E-state index contributed by atoms with van der Waals surface area (Å²) in [5.74, 6) is 1.58. The van der Waals surface area contributed by atoms with Crippen molar-refractivity contribution in [2.45, 2.75) is 18.4 Å². The Kier molecular flexibility index (Phi) is 3.16. The minimum Gasteiger partial charge on any atom is -0.456 e. The van der Waals surface area contributed by atoms with E-state index < -0.39 is 5.54 Å². The number of anilines is 1. The number of hydrogen-bond donors (Lipinski definition) is 1. The molecule has 0 aliphatic carbocycles. The van der Waals surface area contributed by atoms with Gasteiger partial charge in [-0.2, -0.15) is 0 Å². The summed E-state index contributed by atoms with van der Waals surface area (Å²) >= 11 is 0. The Morgan fingerprint density at radius 1 is 0.821 bits per heavy atom. The number of ether oxygens (including phenoxy) is 1. The monoisotopic (exact) mass is 368 g/mol. The number of benzene rings is 3. The maximum absolute atomic E-state index is 13.0. The van der Waals surface area contributed by atoms with Crippen LogP contribution in [0.1, 0.15) is 39.9 Å². The first-order chi connectivity index (χ1) is 13.8. The third-order valence-electron chi connectivity index (χ3n) is 6.21. The summed E-state index contributed by atoms with van der Waals surface area (Å²) in [7, 11) is 0. The Bertz CT molecular complexity index is 1120. The van der Waals surface area contributed by atoms with E-state index in [2.05, 4.69) is 34.5 Å². The molecule has 1 fully saturated rings. The van der Waals surface area contributed by atoms with Gasteiger partial charge in [-0.15, -0.1) is 0 Å². The van der Waals surface area contributed by atoms with Crippen LogP contribution in [0.4, 0.5) is 5.69 Å². The van der Waals surface area contributed by atoms with E-state index in [9.17, 15) is 4.79 Å². The van der Waals surface area contributed by atoms with Gasteiger partial charge in [-0.3, -0.25) is 4.79 Å². The van der Waals surface area contributed by atoms with Crippen molar-refractivity contribution in [1.82, 2.24) is 5.32 Å². The summed E-state index contributed by atoms with van der Waals surface area (Å²) in [5, 5.41) is 3.37. The van der Waals surface area contributed by atoms with Crippen LogP contribution in [0.3, 0.4) is 0 Å². The number of para-hydroxylation sites is 1. The van der Waals surface area contributed by atoms with Gasteiger partial charge in [0, 0.05) is 29.9 Å². The molecule has 3 heterocycles. The highest BCUT2D eigenvalue weighted by Gasteiger charge is 2.52. The lowest BCUT2D eigenvalue weighted by molar-refractivity contribution is 0.0947. The van der Waals surface area contributed by atoms with Gasteiger partial charge in [0.2, 0.25) is 0 Å². The van der Waals surface area contributed by atoms with Crippen LogP contribution >= 0.6 is 0 Å². The summed E-state index contributed by atoms with van der Waals surface area (Å²) in [6.45, 7) is 2.06. The zero-order chi connectivity index (χ0) is 18.7. The van der Waals surface area contributed by atoms with Crippen molar-refractivity contribution in [3.63, 3.8) is 0 Å². The van der Waals surface area contributed by atoms with Crippen LogP contribution < -0.4 is 15.0 Å². The molecule has 0 bridgehead atoms. The smallest absolute Gasteiger partial charge is 0.252 e. The molecule has 28 heavy (non-hydrogen) atoms. The zero-order valence-corrected chi connectivity index (χ0v) is 15.4. The van der Waals surface area contributed by atoms with Crippen LogP contribution in [0.25, 0.3) is 0 Å². The molecule has 1 atom stereocenters. The first-order valence-corrected chi connectivity index (χ1v) is 9.87. The van der Waals surface area contributed by atoms with Gasteiger partial charge in [0.05, 0.1) is 5.56 Å². The first kappa shape index (κ1) is 15.8. The molecule has 1 N–H and O–H groups in total. The van der Waals surface area contributed by atoms with Gasteiger partial charge in [-0.05, 0) is 42.7 Å². The number of rotatable bonds is 1. The van der Waals surface area contributed by atoms with E-state index in [4.69, 9.17) is 4.74 Å². The quantitative estimate of drug-likeness (QED) is 0.691. The molecule has 0 saturated carbocycles. The summed E-state index contributed by atoms with van der Waals surface area (Å²) in [6, 6.07) is 22.2. The molecule has 3 aliphatic heterocycles. The van der Waals surface area contributed by atoms with Crippen molar-refractivity contribution in [2.75, 3.05) is 18.0 Å². The Morgan fingerprint density at radius 2 is 1.54 bits per heavy atom. The first-order valence-electron chi connectivity index (χ1n) is 9.87. The molecule has 3 aromatic carbocycles. The van der Waals surface area contributed by atoms with E-state index in [1.807, 2.05) is 42.5 Å². The number of carbonyl (C=O) groups excluding carboxylic acids is 1. The van der Waals surface area contributed by atoms with Crippen LogP contribution in [-0.2, 0) is 5.54 Å². The maximum atomic E-state index is 13.0. The van der Waals surface area contributed by atoms with Crippen LogP contribution in [0.2, 0.25) is 0 Å². The standard InChI is InChI=1S/C24H20N2O2/c27-23-16-8-1-2-9-17(16)24(25-23)18-10-3-4-12-20(18)28-21-13-7-11-19(22(21)24)26-14-5-6-15-26/h1-4,7-13H,5-6,14-15H2,(H,25,27). The van der Waals surface area contributed by atoms with E-state index in [-0.39, 0.29) is 5.91 Å². The molecule has 3 aromatic rings. The molecule has 6 rings (SSSR count). The van der Waals surface area contributed by atoms with Crippen LogP contribution in [-0.4, -0.2) is 19.0 Å². The van der Waals surface area contributed by atoms with Gasteiger partial charge < -0.3 is 15.0 Å². The van der Waals surface area contributed by atoms with Crippen LogP contribution in [0.15, 0.2) is 66.7 Å². The maximum Gasteiger partial charge on any atom is 0.252 e. The van der Waals surface area contributed by atoms with Crippen LogP contribution in [0.5, 0.6) is 11.5 Å². The van der Waals surface area contributed by atoms with Gasteiger partial charge in [-0.25, -0.2) is 0 Å². The zero-order valence-electron chi connectivity index (χ0n) is 15.4. The Hall–Kier alpha value is -3.27. The minimum atomic E-state index is -0.725. The lowest BCUT2D eigenvalue weighted by Crippen LogP contribution is -2.44. The van der Waals surface area contributed by atoms with E-state index >= 15 is 0 Å². The molecular formula is C24H20N2O2. The molecule has 3 aliphatic rings. The number of hydrogen-bond acceptors (Lipinski definition) is 3. The molecule has 4 nitrogen and oxygen atoms in total. The van der Waals surface area contributed by atoms with E-state index in [1.165, 1.54) is 12.8 Å². The van der Waals surface area contributed by atoms with Crippen molar-refractivity contribution in [1.29, 1.82) is 0 Å². The molecular weight excluding hydrogens is 348 g/mol. The van der Waals surface area contributed by atoms with Crippen molar-refractivity contribution in [3.8, 4) is 11.5 Å². The van der Waals surface area contributed by atoms with Crippen molar-refractivity contribution in [2.24, 2.45) is 0 Å². The van der Waals surface area contributed by atoms with Gasteiger partial charge in [0.25, 0.3) is 5.91 Å². The predicted molar refractivity (Wildman–Crippen MR) is 108 cm³/mol. The highest BCUT2D eigenvalue weighted by molar-refractivity contribution is 6.02. The summed E-state index contributed by atoms with van der Waals surface area (Å²) in [6.07, 6.45) is 2.38.